The van der Waals surface area contributed by atoms with Crippen LogP contribution in [0.5, 0.6) is 5.75 Å². The van der Waals surface area contributed by atoms with E-state index in [0.29, 0.717) is 5.39 Å². The summed E-state index contributed by atoms with van der Waals surface area (Å²) in [6.07, 6.45) is 2.66. The van der Waals surface area contributed by atoms with E-state index in [1.54, 1.807) is 29.8 Å². The van der Waals surface area contributed by atoms with Gasteiger partial charge in [0.2, 0.25) is 0 Å². The first-order chi connectivity index (χ1) is 7.13. The molecule has 0 unspecified atom stereocenters. The zero-order chi connectivity index (χ0) is 11.0. The molecule has 3 nitrogen and oxygen atoms in total. The third-order valence-corrected chi connectivity index (χ3v) is 2.63. The highest BCUT2D eigenvalue weighted by Gasteiger charge is 2.06. The lowest BCUT2D eigenvalue weighted by Crippen LogP contribution is -2.17. The van der Waals surface area contributed by atoms with Crippen molar-refractivity contribution in [3.05, 3.63) is 40.3 Å². The summed E-state index contributed by atoms with van der Waals surface area (Å²) in [5.74, 6) is 0.199. The second-order valence-electron chi connectivity index (χ2n) is 3.65. The highest BCUT2D eigenvalue weighted by molar-refractivity contribution is 5.86. The van der Waals surface area contributed by atoms with Crippen LogP contribution in [0.2, 0.25) is 0 Å². The van der Waals surface area contributed by atoms with Gasteiger partial charge in [-0.15, -0.1) is 0 Å². The summed E-state index contributed by atoms with van der Waals surface area (Å²) in [6, 6.07) is 4.87. The Labute approximate surface area is 87.6 Å². The van der Waals surface area contributed by atoms with E-state index < -0.39 is 0 Å². The van der Waals surface area contributed by atoms with Crippen molar-refractivity contribution in [1.29, 1.82) is 0 Å². The Kier molecular flexibility index (Phi) is 2.23. The lowest BCUT2D eigenvalue weighted by atomic mass is 10.1. The molecule has 0 saturated heterocycles. The van der Waals surface area contributed by atoms with E-state index in [1.807, 2.05) is 13.1 Å². The maximum Gasteiger partial charge on any atom is 0.258 e. The standard InChI is InChI=1S/C12H13NO2/c1-3-8-7-13(2)12(15)10-5-4-9(14)6-11(8)10/h4-7,14H,3H2,1-2H3. The van der Waals surface area contributed by atoms with Gasteiger partial charge in [0.15, 0.2) is 0 Å². The number of benzene rings is 1. The van der Waals surface area contributed by atoms with Crippen molar-refractivity contribution in [3.63, 3.8) is 0 Å². The maximum absolute atomic E-state index is 11.8. The number of aromatic nitrogens is 1. The van der Waals surface area contributed by atoms with Gasteiger partial charge < -0.3 is 9.67 Å². The van der Waals surface area contributed by atoms with Crippen LogP contribution in [0.25, 0.3) is 10.8 Å². The van der Waals surface area contributed by atoms with Crippen molar-refractivity contribution in [2.24, 2.45) is 7.05 Å². The zero-order valence-corrected chi connectivity index (χ0v) is 8.82. The van der Waals surface area contributed by atoms with Crippen LogP contribution in [0.1, 0.15) is 12.5 Å². The Balaban J connectivity index is 2.96. The van der Waals surface area contributed by atoms with E-state index in [9.17, 15) is 9.90 Å². The van der Waals surface area contributed by atoms with Crippen LogP contribution >= 0.6 is 0 Å². The fourth-order valence-electron chi connectivity index (χ4n) is 1.82. The number of phenols is 1. The molecule has 15 heavy (non-hydrogen) atoms. The molecular weight excluding hydrogens is 190 g/mol. The average molecular weight is 203 g/mol. The SMILES string of the molecule is CCc1cn(C)c(=O)c2ccc(O)cc12. The molecule has 0 aliphatic rings. The van der Waals surface area contributed by atoms with Crippen molar-refractivity contribution in [1.82, 2.24) is 4.57 Å². The van der Waals surface area contributed by atoms with Crippen LogP contribution in [0.4, 0.5) is 0 Å². The molecule has 2 aromatic rings. The van der Waals surface area contributed by atoms with Gasteiger partial charge in [-0.25, -0.2) is 0 Å². The number of fused-ring (bicyclic) bond motifs is 1. The molecule has 0 aliphatic carbocycles. The lowest BCUT2D eigenvalue weighted by Gasteiger charge is -2.07. The van der Waals surface area contributed by atoms with Crippen LogP contribution in [0.15, 0.2) is 29.2 Å². The molecule has 0 aliphatic heterocycles. The molecule has 3 heteroatoms. The zero-order valence-electron chi connectivity index (χ0n) is 8.82. The topological polar surface area (TPSA) is 42.2 Å². The average Bonchev–Trinajstić information content (AvgIpc) is 2.23. The van der Waals surface area contributed by atoms with Crippen molar-refractivity contribution < 1.29 is 5.11 Å². The van der Waals surface area contributed by atoms with E-state index in [2.05, 4.69) is 0 Å². The highest BCUT2D eigenvalue weighted by atomic mass is 16.3. The molecule has 0 radical (unpaired) electrons. The van der Waals surface area contributed by atoms with Gasteiger partial charge in [0.05, 0.1) is 0 Å². The molecular formula is C12H13NO2. The predicted molar refractivity (Wildman–Crippen MR) is 60.2 cm³/mol. The number of hydrogen-bond acceptors (Lipinski definition) is 2. The molecule has 1 heterocycles. The highest BCUT2D eigenvalue weighted by Crippen LogP contribution is 2.20. The molecule has 2 rings (SSSR count). The van der Waals surface area contributed by atoms with Gasteiger partial charge in [0, 0.05) is 18.6 Å². The van der Waals surface area contributed by atoms with Gasteiger partial charge in [0.1, 0.15) is 5.75 Å². The summed E-state index contributed by atoms with van der Waals surface area (Å²) in [6.45, 7) is 2.03. The van der Waals surface area contributed by atoms with E-state index >= 15 is 0 Å². The minimum absolute atomic E-state index is 0.0257. The van der Waals surface area contributed by atoms with E-state index in [0.717, 1.165) is 17.4 Å². The Morgan fingerprint density at radius 2 is 2.07 bits per heavy atom. The van der Waals surface area contributed by atoms with Gasteiger partial charge in [0.25, 0.3) is 5.56 Å². The van der Waals surface area contributed by atoms with Crippen LogP contribution < -0.4 is 5.56 Å². The number of nitrogens with zero attached hydrogens (tertiary/aromatic N) is 1. The van der Waals surface area contributed by atoms with Crippen LogP contribution in [-0.4, -0.2) is 9.67 Å². The van der Waals surface area contributed by atoms with Crippen molar-refractivity contribution in [2.75, 3.05) is 0 Å². The normalized spacial score (nSPS) is 10.8. The third-order valence-electron chi connectivity index (χ3n) is 2.63. The number of phenolic OH excluding ortho intramolecular Hbond substituents is 1. The van der Waals surface area contributed by atoms with Crippen molar-refractivity contribution >= 4 is 10.8 Å². The largest absolute Gasteiger partial charge is 0.508 e. The summed E-state index contributed by atoms with van der Waals surface area (Å²) in [7, 11) is 1.74. The van der Waals surface area contributed by atoms with Gasteiger partial charge in [-0.2, -0.15) is 0 Å². The first-order valence-electron chi connectivity index (χ1n) is 4.94. The second kappa shape index (κ2) is 3.42. The molecule has 0 spiro atoms. The van der Waals surface area contributed by atoms with Crippen molar-refractivity contribution in [3.8, 4) is 5.75 Å². The summed E-state index contributed by atoms with van der Waals surface area (Å²) in [5, 5.41) is 10.9. The number of aromatic hydroxyl groups is 1. The van der Waals surface area contributed by atoms with Crippen LogP contribution in [0.3, 0.4) is 0 Å². The molecule has 1 N–H and O–H groups in total. The van der Waals surface area contributed by atoms with E-state index in [-0.39, 0.29) is 11.3 Å². The van der Waals surface area contributed by atoms with Gasteiger partial charge >= 0.3 is 0 Å². The van der Waals surface area contributed by atoms with E-state index in [1.165, 1.54) is 0 Å². The fourth-order valence-corrected chi connectivity index (χ4v) is 1.82. The predicted octanol–water partition coefficient (Wildman–Crippen LogP) is 1.81. The van der Waals surface area contributed by atoms with Gasteiger partial charge in [-0.1, -0.05) is 6.92 Å². The summed E-state index contributed by atoms with van der Waals surface area (Å²) >= 11 is 0. The number of pyridine rings is 1. The van der Waals surface area contributed by atoms with Gasteiger partial charge in [-0.3, -0.25) is 4.79 Å². The van der Waals surface area contributed by atoms with Crippen LogP contribution in [0, 0.1) is 0 Å². The molecule has 1 aromatic carbocycles. The third kappa shape index (κ3) is 1.50. The first kappa shape index (κ1) is 9.77. The Morgan fingerprint density at radius 1 is 1.33 bits per heavy atom. The second-order valence-corrected chi connectivity index (χ2v) is 3.65. The maximum atomic E-state index is 11.8. The quantitative estimate of drug-likeness (QED) is 0.768. The number of aryl methyl sites for hydroxylation is 2. The molecule has 78 valence electrons. The fraction of sp³-hybridized carbons (Fsp3) is 0.250. The molecule has 1 aromatic heterocycles. The molecule has 0 saturated carbocycles. The molecule has 0 fully saturated rings. The Hall–Kier alpha value is -1.77. The summed E-state index contributed by atoms with van der Waals surface area (Å²) in [5.41, 5.74) is 1.05. The monoisotopic (exact) mass is 203 g/mol. The Morgan fingerprint density at radius 3 is 2.73 bits per heavy atom. The summed E-state index contributed by atoms with van der Waals surface area (Å²) < 4.78 is 1.58. The minimum atomic E-state index is -0.0257. The van der Waals surface area contributed by atoms with Gasteiger partial charge in [-0.05, 0) is 35.6 Å². The molecule has 0 bridgehead atoms. The minimum Gasteiger partial charge on any atom is -0.508 e. The molecule has 0 atom stereocenters. The van der Waals surface area contributed by atoms with Crippen molar-refractivity contribution in [2.45, 2.75) is 13.3 Å². The Bertz CT molecular complexity index is 570. The molecule has 0 amide bonds. The number of hydrogen-bond donors (Lipinski definition) is 1. The first-order valence-corrected chi connectivity index (χ1v) is 4.94. The summed E-state index contributed by atoms with van der Waals surface area (Å²) in [4.78, 5) is 11.8. The van der Waals surface area contributed by atoms with E-state index in [4.69, 9.17) is 0 Å². The van der Waals surface area contributed by atoms with Crippen LogP contribution in [-0.2, 0) is 13.5 Å². The number of rotatable bonds is 1. The lowest BCUT2D eigenvalue weighted by molar-refractivity contribution is 0.476. The smallest absolute Gasteiger partial charge is 0.258 e.